The average molecular weight is 511 g/mol. The Kier molecular flexibility index (Phi) is 7.16. The Balaban J connectivity index is 1.35. The number of rotatable bonds is 7. The van der Waals surface area contributed by atoms with Crippen molar-refractivity contribution in [3.63, 3.8) is 0 Å². The van der Waals surface area contributed by atoms with Gasteiger partial charge in [0.05, 0.1) is 21.5 Å². The zero-order chi connectivity index (χ0) is 25.1. The summed E-state index contributed by atoms with van der Waals surface area (Å²) in [6.07, 6.45) is 3.53. The van der Waals surface area contributed by atoms with Gasteiger partial charge < -0.3 is 19.7 Å². The molecule has 6 nitrogen and oxygen atoms in total. The van der Waals surface area contributed by atoms with Crippen LogP contribution in [0.5, 0.6) is 11.5 Å². The first-order chi connectivity index (χ1) is 17.5. The number of halogens is 3. The van der Waals surface area contributed by atoms with Crippen molar-refractivity contribution in [2.24, 2.45) is 0 Å². The van der Waals surface area contributed by atoms with E-state index in [4.69, 9.17) is 21.1 Å². The molecule has 0 aliphatic carbocycles. The summed E-state index contributed by atoms with van der Waals surface area (Å²) >= 11 is 6.42. The summed E-state index contributed by atoms with van der Waals surface area (Å²) in [4.78, 5) is 11.1. The van der Waals surface area contributed by atoms with E-state index < -0.39 is 11.6 Å². The smallest absolute Gasteiger partial charge is 0.145 e. The molecule has 0 saturated carbocycles. The second-order valence-electron chi connectivity index (χ2n) is 8.75. The van der Waals surface area contributed by atoms with Crippen molar-refractivity contribution >= 4 is 34.0 Å². The van der Waals surface area contributed by atoms with Gasteiger partial charge in [0, 0.05) is 18.8 Å². The molecule has 9 heteroatoms. The minimum Gasteiger partial charge on any atom is -0.489 e. The lowest BCUT2D eigenvalue weighted by Gasteiger charge is -2.29. The Bertz CT molecular complexity index is 1350. The molecule has 0 radical (unpaired) electrons. The van der Waals surface area contributed by atoms with E-state index in [-0.39, 0.29) is 23.3 Å². The van der Waals surface area contributed by atoms with Gasteiger partial charge in [-0.2, -0.15) is 0 Å². The molecule has 36 heavy (non-hydrogen) atoms. The molecule has 0 atom stereocenters. The van der Waals surface area contributed by atoms with Crippen molar-refractivity contribution in [2.45, 2.75) is 25.6 Å². The van der Waals surface area contributed by atoms with Gasteiger partial charge in [0.2, 0.25) is 0 Å². The van der Waals surface area contributed by atoms with Crippen LogP contribution in [0.4, 0.5) is 20.3 Å². The number of likely N-dealkylation sites (tertiary alicyclic amines) is 1. The van der Waals surface area contributed by atoms with Gasteiger partial charge in [0.25, 0.3) is 0 Å². The van der Waals surface area contributed by atoms with E-state index in [2.05, 4.69) is 27.2 Å². The Morgan fingerprint density at radius 2 is 1.75 bits per heavy atom. The lowest BCUT2D eigenvalue weighted by atomic mass is 10.1. The average Bonchev–Trinajstić information content (AvgIpc) is 2.86. The summed E-state index contributed by atoms with van der Waals surface area (Å²) in [5.41, 5.74) is 1.27. The fourth-order valence-electron chi connectivity index (χ4n) is 4.21. The second-order valence-corrected chi connectivity index (χ2v) is 9.16. The molecule has 0 unspecified atom stereocenters. The topological polar surface area (TPSA) is 59.5 Å². The van der Waals surface area contributed by atoms with Crippen LogP contribution in [-0.4, -0.2) is 41.1 Å². The maximum absolute atomic E-state index is 13.9. The first kappa shape index (κ1) is 24.2. The fraction of sp³-hybridized carbons (Fsp3) is 0.259. The van der Waals surface area contributed by atoms with E-state index in [1.54, 1.807) is 18.2 Å². The first-order valence-corrected chi connectivity index (χ1v) is 12.1. The summed E-state index contributed by atoms with van der Waals surface area (Å²) in [5, 5.41) is 4.36. The van der Waals surface area contributed by atoms with Crippen LogP contribution >= 0.6 is 11.6 Å². The number of piperidine rings is 1. The maximum atomic E-state index is 13.9. The van der Waals surface area contributed by atoms with Gasteiger partial charge in [-0.05, 0) is 62.4 Å². The third-order valence-corrected chi connectivity index (χ3v) is 6.51. The molecule has 4 aromatic rings. The second kappa shape index (κ2) is 10.6. The van der Waals surface area contributed by atoms with Crippen molar-refractivity contribution in [1.29, 1.82) is 0 Å². The minimum atomic E-state index is -0.668. The van der Waals surface area contributed by atoms with Crippen molar-refractivity contribution in [3.05, 3.63) is 83.1 Å². The summed E-state index contributed by atoms with van der Waals surface area (Å²) in [6.45, 7) is 1.71. The Hall–Kier alpha value is -3.49. The molecule has 1 aromatic heterocycles. The number of benzene rings is 3. The predicted molar refractivity (Wildman–Crippen MR) is 136 cm³/mol. The summed E-state index contributed by atoms with van der Waals surface area (Å²) in [6, 6.07) is 14.5. The number of hydrogen-bond donors (Lipinski definition) is 1. The predicted octanol–water partition coefficient (Wildman–Crippen LogP) is 6.36. The van der Waals surface area contributed by atoms with Crippen LogP contribution in [-0.2, 0) is 6.61 Å². The van der Waals surface area contributed by atoms with Gasteiger partial charge in [-0.3, -0.25) is 0 Å². The number of ether oxygens (including phenoxy) is 2. The number of fused-ring (bicyclic) bond motifs is 1. The van der Waals surface area contributed by atoms with Crippen molar-refractivity contribution < 1.29 is 18.3 Å². The minimum absolute atomic E-state index is 0.130. The fourth-order valence-corrected chi connectivity index (χ4v) is 4.44. The maximum Gasteiger partial charge on any atom is 0.145 e. The Labute approximate surface area is 212 Å². The molecule has 1 saturated heterocycles. The SMILES string of the molecule is CN1CCC(Oc2cccc3ncnc(Nc4ccc(OCc5c(F)cccc5F)c(Cl)c4)c23)CC1. The van der Waals surface area contributed by atoms with Crippen LogP contribution in [0.1, 0.15) is 18.4 Å². The van der Waals surface area contributed by atoms with Crippen LogP contribution in [0.15, 0.2) is 60.9 Å². The highest BCUT2D eigenvalue weighted by Gasteiger charge is 2.20. The lowest BCUT2D eigenvalue weighted by Crippen LogP contribution is -2.35. The van der Waals surface area contributed by atoms with Crippen LogP contribution in [0.2, 0.25) is 5.02 Å². The Morgan fingerprint density at radius 1 is 1.00 bits per heavy atom. The van der Waals surface area contributed by atoms with Crippen LogP contribution < -0.4 is 14.8 Å². The largest absolute Gasteiger partial charge is 0.489 e. The van der Waals surface area contributed by atoms with E-state index in [1.807, 2.05) is 18.2 Å². The van der Waals surface area contributed by atoms with E-state index in [9.17, 15) is 8.78 Å². The molecule has 1 aliphatic rings. The monoisotopic (exact) mass is 510 g/mol. The summed E-state index contributed by atoms with van der Waals surface area (Å²) < 4.78 is 39.8. The van der Waals surface area contributed by atoms with Crippen molar-refractivity contribution in [3.8, 4) is 11.5 Å². The van der Waals surface area contributed by atoms with E-state index in [1.165, 1.54) is 24.5 Å². The van der Waals surface area contributed by atoms with Gasteiger partial charge in [-0.25, -0.2) is 18.7 Å². The van der Waals surface area contributed by atoms with E-state index in [0.717, 1.165) is 42.6 Å². The standard InChI is InChI=1S/C27H25ClF2N4O2/c1-34-12-10-18(11-13-34)36-25-7-3-6-23-26(25)27(32-16-31-23)33-17-8-9-24(20(28)14-17)35-15-19-21(29)4-2-5-22(19)30/h2-9,14,16,18H,10-13,15H2,1H3,(H,31,32,33). The van der Waals surface area contributed by atoms with E-state index >= 15 is 0 Å². The molecule has 0 amide bonds. The normalized spacial score (nSPS) is 14.7. The molecule has 1 fully saturated rings. The van der Waals surface area contributed by atoms with Gasteiger partial charge in [0.15, 0.2) is 0 Å². The third kappa shape index (κ3) is 5.34. The van der Waals surface area contributed by atoms with Crippen molar-refractivity contribution in [2.75, 3.05) is 25.5 Å². The molecule has 0 bridgehead atoms. The zero-order valence-corrected chi connectivity index (χ0v) is 20.4. The van der Waals surface area contributed by atoms with Gasteiger partial charge in [0.1, 0.15) is 48.0 Å². The molecule has 5 rings (SSSR count). The molecular formula is C27H25ClF2N4O2. The van der Waals surface area contributed by atoms with E-state index in [0.29, 0.717) is 17.3 Å². The molecule has 0 spiro atoms. The van der Waals surface area contributed by atoms with Crippen LogP contribution in [0.3, 0.4) is 0 Å². The van der Waals surface area contributed by atoms with Gasteiger partial charge >= 0.3 is 0 Å². The van der Waals surface area contributed by atoms with Crippen molar-refractivity contribution in [1.82, 2.24) is 14.9 Å². The number of anilines is 2. The highest BCUT2D eigenvalue weighted by atomic mass is 35.5. The number of nitrogens with zero attached hydrogens (tertiary/aromatic N) is 3. The zero-order valence-electron chi connectivity index (χ0n) is 19.7. The van der Waals surface area contributed by atoms with Gasteiger partial charge in [-0.1, -0.05) is 23.7 Å². The molecule has 2 heterocycles. The lowest BCUT2D eigenvalue weighted by molar-refractivity contribution is 0.116. The molecule has 186 valence electrons. The number of aromatic nitrogens is 2. The Morgan fingerprint density at radius 3 is 2.50 bits per heavy atom. The van der Waals surface area contributed by atoms with Crippen LogP contribution in [0, 0.1) is 11.6 Å². The summed E-state index contributed by atoms with van der Waals surface area (Å²) in [7, 11) is 2.11. The van der Waals surface area contributed by atoms with Gasteiger partial charge in [-0.15, -0.1) is 0 Å². The number of nitrogens with one attached hydrogen (secondary N) is 1. The third-order valence-electron chi connectivity index (χ3n) is 6.21. The highest BCUT2D eigenvalue weighted by molar-refractivity contribution is 6.32. The molecule has 1 N–H and O–H groups in total. The van der Waals surface area contributed by atoms with Crippen LogP contribution in [0.25, 0.3) is 10.9 Å². The quantitative estimate of drug-likeness (QED) is 0.312. The number of hydrogen-bond acceptors (Lipinski definition) is 6. The molecule has 1 aliphatic heterocycles. The summed E-state index contributed by atoms with van der Waals surface area (Å²) in [5.74, 6) is 0.283. The highest BCUT2D eigenvalue weighted by Crippen LogP contribution is 2.35. The molecular weight excluding hydrogens is 486 g/mol. The first-order valence-electron chi connectivity index (χ1n) is 11.7. The molecule has 3 aromatic carbocycles.